The van der Waals surface area contributed by atoms with E-state index in [0.717, 1.165) is 22.4 Å². The highest BCUT2D eigenvalue weighted by Gasteiger charge is 2.21. The van der Waals surface area contributed by atoms with Gasteiger partial charge >= 0.3 is 0 Å². The van der Waals surface area contributed by atoms with E-state index in [1.54, 1.807) is 12.1 Å². The topological polar surface area (TPSA) is 61.9 Å². The minimum absolute atomic E-state index is 0.00531. The summed E-state index contributed by atoms with van der Waals surface area (Å²) < 4.78 is 5.68. The molecule has 1 fully saturated rings. The Bertz CT molecular complexity index is 1250. The average molecular weight is 504 g/mol. The van der Waals surface area contributed by atoms with Crippen LogP contribution in [0.5, 0.6) is 5.75 Å². The third kappa shape index (κ3) is 6.46. The van der Waals surface area contributed by atoms with E-state index >= 15 is 0 Å². The second-order valence-electron chi connectivity index (χ2n) is 8.76. The molecule has 1 saturated heterocycles. The molecule has 1 N–H and O–H groups in total. The van der Waals surface area contributed by atoms with Gasteiger partial charge in [-0.1, -0.05) is 54.1 Å². The zero-order valence-corrected chi connectivity index (χ0v) is 21.3. The van der Waals surface area contributed by atoms with Gasteiger partial charge < -0.3 is 19.9 Å². The Morgan fingerprint density at radius 1 is 0.972 bits per heavy atom. The number of carbonyl (C=O) groups is 2. The normalized spacial score (nSPS) is 13.6. The van der Waals surface area contributed by atoms with Crippen LogP contribution in [-0.2, 0) is 9.59 Å². The van der Waals surface area contributed by atoms with Crippen LogP contribution in [0.1, 0.15) is 16.7 Å². The highest BCUT2D eigenvalue weighted by atomic mass is 35.5. The highest BCUT2D eigenvalue weighted by Crippen LogP contribution is 2.30. The molecule has 3 aromatic rings. The molecule has 1 heterocycles. The molecule has 3 aromatic carbocycles. The van der Waals surface area contributed by atoms with Crippen LogP contribution in [0.4, 0.5) is 11.4 Å². The number of halogens is 1. The molecule has 0 aromatic heterocycles. The van der Waals surface area contributed by atoms with Crippen LogP contribution in [0.15, 0.2) is 72.8 Å². The summed E-state index contributed by atoms with van der Waals surface area (Å²) in [5.41, 5.74) is 4.63. The zero-order valence-electron chi connectivity index (χ0n) is 20.5. The van der Waals surface area contributed by atoms with Crippen molar-refractivity contribution in [2.45, 2.75) is 13.8 Å². The van der Waals surface area contributed by atoms with E-state index in [1.165, 1.54) is 0 Å². The van der Waals surface area contributed by atoms with Crippen molar-refractivity contribution in [2.24, 2.45) is 0 Å². The first-order valence-corrected chi connectivity index (χ1v) is 12.3. The van der Waals surface area contributed by atoms with Crippen LogP contribution in [0.3, 0.4) is 0 Å². The number of hydrogen-bond acceptors (Lipinski definition) is 4. The maximum atomic E-state index is 12.6. The molecular formula is C29H30ClN3O3. The number of nitrogens with zero attached hydrogens (tertiary/aromatic N) is 2. The lowest BCUT2D eigenvalue weighted by atomic mass is 10.1. The number of piperazine rings is 1. The molecule has 0 unspecified atom stereocenters. The van der Waals surface area contributed by atoms with Gasteiger partial charge in [0.05, 0.1) is 10.7 Å². The number of hydrogen-bond donors (Lipinski definition) is 1. The third-order valence-electron chi connectivity index (χ3n) is 6.30. The molecule has 1 aliphatic heterocycles. The van der Waals surface area contributed by atoms with E-state index < -0.39 is 0 Å². The first-order chi connectivity index (χ1) is 17.4. The Morgan fingerprint density at radius 3 is 2.44 bits per heavy atom. The summed E-state index contributed by atoms with van der Waals surface area (Å²) in [6, 6.07) is 21.0. The van der Waals surface area contributed by atoms with E-state index in [-0.39, 0.29) is 18.4 Å². The first-order valence-electron chi connectivity index (χ1n) is 12.0. The van der Waals surface area contributed by atoms with E-state index in [9.17, 15) is 9.59 Å². The van der Waals surface area contributed by atoms with Crippen molar-refractivity contribution in [3.05, 3.63) is 94.5 Å². The number of aryl methyl sites for hydroxylation is 1. The summed E-state index contributed by atoms with van der Waals surface area (Å²) in [4.78, 5) is 28.9. The van der Waals surface area contributed by atoms with Gasteiger partial charge in [-0.05, 0) is 60.9 Å². The van der Waals surface area contributed by atoms with Crippen LogP contribution >= 0.6 is 11.6 Å². The molecule has 0 atom stereocenters. The number of nitrogens with one attached hydrogen (secondary N) is 1. The molecule has 7 heteroatoms. The van der Waals surface area contributed by atoms with Gasteiger partial charge in [-0.15, -0.1) is 0 Å². The van der Waals surface area contributed by atoms with Gasteiger partial charge in [-0.25, -0.2) is 0 Å². The molecule has 2 amide bonds. The van der Waals surface area contributed by atoms with Crippen molar-refractivity contribution in [3.8, 4) is 5.75 Å². The number of amides is 2. The largest absolute Gasteiger partial charge is 0.483 e. The predicted octanol–water partition coefficient (Wildman–Crippen LogP) is 5.34. The van der Waals surface area contributed by atoms with E-state index in [2.05, 4.69) is 10.2 Å². The van der Waals surface area contributed by atoms with Crippen LogP contribution in [-0.4, -0.2) is 49.5 Å². The average Bonchev–Trinajstić information content (AvgIpc) is 2.89. The summed E-state index contributed by atoms with van der Waals surface area (Å²) in [6.07, 6.45) is 3.46. The molecule has 0 saturated carbocycles. The van der Waals surface area contributed by atoms with Crippen molar-refractivity contribution in [1.29, 1.82) is 0 Å². The second-order valence-corrected chi connectivity index (χ2v) is 9.16. The summed E-state index contributed by atoms with van der Waals surface area (Å²) in [5, 5.41) is 3.39. The molecule has 186 valence electrons. The molecule has 0 bridgehead atoms. The number of rotatable bonds is 7. The predicted molar refractivity (Wildman–Crippen MR) is 146 cm³/mol. The van der Waals surface area contributed by atoms with Gasteiger partial charge in [-0.3, -0.25) is 9.59 Å². The lowest BCUT2D eigenvalue weighted by Crippen LogP contribution is -2.48. The smallest absolute Gasteiger partial charge is 0.262 e. The molecule has 6 nitrogen and oxygen atoms in total. The Morgan fingerprint density at radius 2 is 1.72 bits per heavy atom. The summed E-state index contributed by atoms with van der Waals surface area (Å²) in [5.74, 6) is 0.452. The lowest BCUT2D eigenvalue weighted by Gasteiger charge is -2.36. The Hall–Kier alpha value is -3.77. The molecule has 0 spiro atoms. The number of benzene rings is 3. The van der Waals surface area contributed by atoms with Gasteiger partial charge in [0.2, 0.25) is 5.91 Å². The van der Waals surface area contributed by atoms with Crippen LogP contribution in [0.2, 0.25) is 5.02 Å². The van der Waals surface area contributed by atoms with Gasteiger partial charge in [0, 0.05) is 37.9 Å². The SMILES string of the molecule is Cc1cccc(OCC(=O)Nc2ccc(N3CCN(C(=O)/C=C/c4ccccc4)CC3)c(Cl)c2)c1C. The monoisotopic (exact) mass is 503 g/mol. The van der Waals surface area contributed by atoms with Crippen molar-refractivity contribution >= 4 is 40.9 Å². The third-order valence-corrected chi connectivity index (χ3v) is 6.60. The summed E-state index contributed by atoms with van der Waals surface area (Å²) >= 11 is 6.56. The van der Waals surface area contributed by atoms with Crippen LogP contribution in [0, 0.1) is 13.8 Å². The Kier molecular flexibility index (Phi) is 8.28. The van der Waals surface area contributed by atoms with Gasteiger partial charge in [-0.2, -0.15) is 0 Å². The molecular weight excluding hydrogens is 474 g/mol. The molecule has 1 aliphatic rings. The summed E-state index contributed by atoms with van der Waals surface area (Å²) in [6.45, 7) is 6.48. The fraction of sp³-hybridized carbons (Fsp3) is 0.241. The Labute approximate surface area is 217 Å². The van der Waals surface area contributed by atoms with Crippen LogP contribution < -0.4 is 15.0 Å². The minimum Gasteiger partial charge on any atom is -0.483 e. The Balaban J connectivity index is 1.28. The number of anilines is 2. The lowest BCUT2D eigenvalue weighted by molar-refractivity contribution is -0.126. The number of carbonyl (C=O) groups excluding carboxylic acids is 2. The van der Waals surface area contributed by atoms with Gasteiger partial charge in [0.25, 0.3) is 5.91 Å². The quantitative estimate of drug-likeness (QED) is 0.442. The van der Waals surface area contributed by atoms with E-state index in [4.69, 9.17) is 16.3 Å². The van der Waals surface area contributed by atoms with Crippen molar-refractivity contribution < 1.29 is 14.3 Å². The maximum absolute atomic E-state index is 12.6. The molecule has 4 rings (SSSR count). The maximum Gasteiger partial charge on any atom is 0.262 e. The van der Waals surface area contributed by atoms with Crippen LogP contribution in [0.25, 0.3) is 6.08 Å². The second kappa shape index (κ2) is 11.8. The van der Waals surface area contributed by atoms with E-state index in [0.29, 0.717) is 42.6 Å². The van der Waals surface area contributed by atoms with Crippen molar-refractivity contribution in [1.82, 2.24) is 4.90 Å². The summed E-state index contributed by atoms with van der Waals surface area (Å²) in [7, 11) is 0. The van der Waals surface area contributed by atoms with E-state index in [1.807, 2.05) is 85.5 Å². The zero-order chi connectivity index (χ0) is 25.5. The van der Waals surface area contributed by atoms with Crippen molar-refractivity contribution in [3.63, 3.8) is 0 Å². The minimum atomic E-state index is -0.254. The van der Waals surface area contributed by atoms with Gasteiger partial charge in [0.1, 0.15) is 5.75 Å². The molecule has 0 aliphatic carbocycles. The number of ether oxygens (including phenoxy) is 1. The highest BCUT2D eigenvalue weighted by molar-refractivity contribution is 6.33. The molecule has 0 radical (unpaired) electrons. The van der Waals surface area contributed by atoms with Gasteiger partial charge in [0.15, 0.2) is 6.61 Å². The fourth-order valence-corrected chi connectivity index (χ4v) is 4.37. The molecule has 36 heavy (non-hydrogen) atoms. The first kappa shape index (κ1) is 25.3. The fourth-order valence-electron chi connectivity index (χ4n) is 4.07. The van der Waals surface area contributed by atoms with Crippen molar-refractivity contribution in [2.75, 3.05) is 43.0 Å². The standard InChI is InChI=1S/C29H30ClN3O3/c1-21-7-6-10-27(22(21)2)36-20-28(34)31-24-12-13-26(25(30)19-24)32-15-17-33(18-16-32)29(35)14-11-23-8-4-3-5-9-23/h3-14,19H,15-18,20H2,1-2H3,(H,31,34)/b14-11+.